The van der Waals surface area contributed by atoms with Crippen molar-refractivity contribution in [3.8, 4) is 0 Å². The number of non-ortho nitro benzene ring substituents is 1. The van der Waals surface area contributed by atoms with Gasteiger partial charge < -0.3 is 5.32 Å². The highest BCUT2D eigenvalue weighted by Gasteiger charge is 2.28. The van der Waals surface area contributed by atoms with Crippen molar-refractivity contribution in [1.82, 2.24) is 0 Å². The zero-order valence-corrected chi connectivity index (χ0v) is 11.6. The Balaban J connectivity index is 2.10. The van der Waals surface area contributed by atoms with Gasteiger partial charge in [0.1, 0.15) is 11.5 Å². The third-order valence-electron chi connectivity index (χ3n) is 3.08. The first-order valence-corrected chi connectivity index (χ1v) is 6.47. The number of benzene rings is 2. The summed E-state index contributed by atoms with van der Waals surface area (Å²) in [5.74, 6) is -1.09. The van der Waals surface area contributed by atoms with Crippen LogP contribution in [0.4, 0.5) is 21.5 Å². The Labute approximate surface area is 128 Å². The smallest absolute Gasteiger partial charge is 0.275 e. The van der Waals surface area contributed by atoms with E-state index < -0.39 is 16.6 Å². The summed E-state index contributed by atoms with van der Waals surface area (Å²) in [5, 5.41) is 13.3. The summed E-state index contributed by atoms with van der Waals surface area (Å²) in [6.07, 6.45) is 0. The van der Waals surface area contributed by atoms with Gasteiger partial charge in [0.25, 0.3) is 11.6 Å². The van der Waals surface area contributed by atoms with Crippen molar-refractivity contribution < 1.29 is 14.1 Å². The maximum atomic E-state index is 13.1. The Bertz CT molecular complexity index is 851. The zero-order chi connectivity index (χ0) is 15.9. The highest BCUT2D eigenvalue weighted by molar-refractivity contribution is 6.54. The molecule has 0 radical (unpaired) electrons. The molecule has 0 saturated carbocycles. The number of aliphatic imine (C=N–C) groups is 1. The molecule has 1 N–H and O–H groups in total. The normalized spacial score (nSPS) is 14.8. The van der Waals surface area contributed by atoms with Gasteiger partial charge in [0.2, 0.25) is 0 Å². The van der Waals surface area contributed by atoms with Crippen LogP contribution in [0.3, 0.4) is 0 Å². The van der Waals surface area contributed by atoms with E-state index in [-0.39, 0.29) is 22.1 Å². The van der Waals surface area contributed by atoms with E-state index in [1.165, 1.54) is 30.3 Å². The number of halogens is 2. The van der Waals surface area contributed by atoms with Crippen LogP contribution in [0, 0.1) is 15.9 Å². The van der Waals surface area contributed by atoms with Gasteiger partial charge in [0, 0.05) is 17.7 Å². The maximum Gasteiger partial charge on any atom is 0.275 e. The van der Waals surface area contributed by atoms with Gasteiger partial charge in [-0.3, -0.25) is 14.9 Å². The monoisotopic (exact) mass is 319 g/mol. The molecule has 0 fully saturated rings. The van der Waals surface area contributed by atoms with Gasteiger partial charge in [-0.1, -0.05) is 11.6 Å². The van der Waals surface area contributed by atoms with Crippen LogP contribution >= 0.6 is 11.6 Å². The third-order valence-corrected chi connectivity index (χ3v) is 3.37. The topological polar surface area (TPSA) is 84.6 Å². The second kappa shape index (κ2) is 5.19. The van der Waals surface area contributed by atoms with E-state index in [9.17, 15) is 19.3 Å². The maximum absolute atomic E-state index is 13.1. The second-order valence-electron chi connectivity index (χ2n) is 4.50. The van der Waals surface area contributed by atoms with Crippen molar-refractivity contribution in [1.29, 1.82) is 0 Å². The van der Waals surface area contributed by atoms with E-state index in [4.69, 9.17) is 11.6 Å². The Hall–Kier alpha value is -2.80. The largest absolute Gasteiger partial charge is 0.320 e. The number of nitrogens with zero attached hydrogens (tertiary/aromatic N) is 2. The minimum absolute atomic E-state index is 0.0152. The molecular weight excluding hydrogens is 313 g/mol. The molecule has 0 spiro atoms. The van der Waals surface area contributed by atoms with Crippen molar-refractivity contribution in [2.45, 2.75) is 0 Å². The Kier molecular flexibility index (Phi) is 3.34. The molecule has 0 aliphatic carbocycles. The van der Waals surface area contributed by atoms with Crippen LogP contribution in [-0.4, -0.2) is 16.5 Å². The van der Waals surface area contributed by atoms with E-state index in [1.807, 2.05) is 0 Å². The predicted molar refractivity (Wildman–Crippen MR) is 79.3 cm³/mol. The molecule has 1 aliphatic heterocycles. The lowest BCUT2D eigenvalue weighted by Crippen LogP contribution is -2.13. The minimum atomic E-state index is -0.600. The fourth-order valence-corrected chi connectivity index (χ4v) is 2.22. The SMILES string of the molecule is O=C1Nc2ccc([N+](=O)[O-])cc2C1=Nc1ccc(F)c(Cl)c1. The van der Waals surface area contributed by atoms with Gasteiger partial charge in [0.05, 0.1) is 21.3 Å². The summed E-state index contributed by atoms with van der Waals surface area (Å²) < 4.78 is 13.1. The van der Waals surface area contributed by atoms with E-state index in [0.29, 0.717) is 11.3 Å². The molecule has 1 heterocycles. The molecule has 0 saturated heterocycles. The van der Waals surface area contributed by atoms with Gasteiger partial charge in [0.15, 0.2) is 0 Å². The summed E-state index contributed by atoms with van der Waals surface area (Å²) in [5.41, 5.74) is 0.888. The van der Waals surface area contributed by atoms with Gasteiger partial charge in [-0.25, -0.2) is 9.38 Å². The first-order valence-electron chi connectivity index (χ1n) is 6.09. The van der Waals surface area contributed by atoms with Crippen LogP contribution in [-0.2, 0) is 4.79 Å². The molecule has 1 aliphatic rings. The second-order valence-corrected chi connectivity index (χ2v) is 4.91. The van der Waals surface area contributed by atoms with Crippen molar-refractivity contribution in [3.05, 3.63) is 62.9 Å². The lowest BCUT2D eigenvalue weighted by atomic mass is 10.1. The van der Waals surface area contributed by atoms with Crippen molar-refractivity contribution in [2.75, 3.05) is 5.32 Å². The molecule has 0 atom stereocenters. The van der Waals surface area contributed by atoms with Crippen LogP contribution in [0.25, 0.3) is 0 Å². The fraction of sp³-hybridized carbons (Fsp3) is 0. The molecule has 2 aromatic carbocycles. The number of nitro benzene ring substituents is 1. The predicted octanol–water partition coefficient (Wildman–Crippen LogP) is 3.46. The van der Waals surface area contributed by atoms with Crippen molar-refractivity contribution in [3.63, 3.8) is 0 Å². The first kappa shape index (κ1) is 14.2. The van der Waals surface area contributed by atoms with Gasteiger partial charge in [-0.05, 0) is 24.3 Å². The van der Waals surface area contributed by atoms with Crippen LogP contribution in [0.1, 0.15) is 5.56 Å². The lowest BCUT2D eigenvalue weighted by molar-refractivity contribution is -0.384. The van der Waals surface area contributed by atoms with Gasteiger partial charge >= 0.3 is 0 Å². The average molecular weight is 320 g/mol. The lowest BCUT2D eigenvalue weighted by Gasteiger charge is -2.00. The quantitative estimate of drug-likeness (QED) is 0.679. The van der Waals surface area contributed by atoms with Crippen molar-refractivity contribution >= 4 is 40.3 Å². The molecule has 1 amide bonds. The fourth-order valence-electron chi connectivity index (χ4n) is 2.05. The summed E-state index contributed by atoms with van der Waals surface area (Å²) in [7, 11) is 0. The van der Waals surface area contributed by atoms with E-state index in [2.05, 4.69) is 10.3 Å². The van der Waals surface area contributed by atoms with E-state index in [0.717, 1.165) is 6.07 Å². The summed E-state index contributed by atoms with van der Waals surface area (Å²) in [6, 6.07) is 7.74. The molecule has 22 heavy (non-hydrogen) atoms. The number of hydrogen-bond donors (Lipinski definition) is 1. The molecule has 0 bridgehead atoms. The molecular formula is C14H7ClFN3O3. The van der Waals surface area contributed by atoms with Crippen LogP contribution in [0.15, 0.2) is 41.4 Å². The van der Waals surface area contributed by atoms with Crippen LogP contribution in [0.2, 0.25) is 5.02 Å². The molecule has 110 valence electrons. The van der Waals surface area contributed by atoms with Gasteiger partial charge in [-0.2, -0.15) is 0 Å². The number of fused-ring (bicyclic) bond motifs is 1. The van der Waals surface area contributed by atoms with Gasteiger partial charge in [-0.15, -0.1) is 0 Å². The Morgan fingerprint density at radius 2 is 2.00 bits per heavy atom. The van der Waals surface area contributed by atoms with Crippen LogP contribution in [0.5, 0.6) is 0 Å². The summed E-state index contributed by atoms with van der Waals surface area (Å²) >= 11 is 5.67. The summed E-state index contributed by atoms with van der Waals surface area (Å²) in [6.45, 7) is 0. The van der Waals surface area contributed by atoms with Crippen molar-refractivity contribution in [2.24, 2.45) is 4.99 Å². The number of carbonyl (C=O) groups excluding carboxylic acids is 1. The Morgan fingerprint density at radius 1 is 1.23 bits per heavy atom. The van der Waals surface area contributed by atoms with Crippen LogP contribution < -0.4 is 5.32 Å². The molecule has 0 unspecified atom stereocenters. The highest BCUT2D eigenvalue weighted by Crippen LogP contribution is 2.30. The Morgan fingerprint density at radius 3 is 2.68 bits per heavy atom. The summed E-state index contributed by atoms with van der Waals surface area (Å²) in [4.78, 5) is 26.3. The van der Waals surface area contributed by atoms with E-state index >= 15 is 0 Å². The number of nitro groups is 1. The number of anilines is 1. The number of carbonyl (C=O) groups is 1. The van der Waals surface area contributed by atoms with E-state index in [1.54, 1.807) is 0 Å². The molecule has 2 aromatic rings. The number of hydrogen-bond acceptors (Lipinski definition) is 4. The number of amides is 1. The average Bonchev–Trinajstić information content (AvgIpc) is 2.78. The molecule has 0 aromatic heterocycles. The molecule has 8 heteroatoms. The number of rotatable bonds is 2. The highest BCUT2D eigenvalue weighted by atomic mass is 35.5. The standard InChI is InChI=1S/C14H7ClFN3O3/c15-10-5-7(1-3-11(10)16)17-13-9-6-8(19(21)22)2-4-12(9)18-14(13)20/h1-6H,(H,17,18,20). The first-order chi connectivity index (χ1) is 10.5. The number of nitrogens with one attached hydrogen (secondary N) is 1. The molecule has 3 rings (SSSR count). The zero-order valence-electron chi connectivity index (χ0n) is 10.8. The third kappa shape index (κ3) is 2.42. The molecule has 6 nitrogen and oxygen atoms in total. The minimum Gasteiger partial charge on any atom is -0.320 e.